The molecule has 0 saturated heterocycles. The summed E-state index contributed by atoms with van der Waals surface area (Å²) in [5, 5.41) is 2.75. The molecule has 0 aliphatic heterocycles. The van der Waals surface area contributed by atoms with E-state index in [1.165, 1.54) is 31.4 Å². The number of amides is 1. The molecule has 0 saturated carbocycles. The molecule has 134 valence electrons. The van der Waals surface area contributed by atoms with Crippen LogP contribution in [-0.4, -0.2) is 28.0 Å². The average Bonchev–Trinajstić information content (AvgIpc) is 2.59. The minimum Gasteiger partial charge on any atom is -0.495 e. The van der Waals surface area contributed by atoms with E-state index in [-0.39, 0.29) is 10.8 Å². The van der Waals surface area contributed by atoms with Gasteiger partial charge in [0.1, 0.15) is 5.75 Å². The number of nitrogens with one attached hydrogen (secondary N) is 2. The van der Waals surface area contributed by atoms with Crippen molar-refractivity contribution < 1.29 is 17.9 Å². The fraction of sp³-hybridized carbons (Fsp3) is 0.278. The van der Waals surface area contributed by atoms with E-state index in [1.807, 2.05) is 19.9 Å². The molecule has 0 bridgehead atoms. The highest BCUT2D eigenvalue weighted by atomic mass is 32.2. The molecule has 0 aromatic heterocycles. The SMILES string of the molecule is CCCNC(=O)c1ccc(S(=O)(=O)Nc2cc(C)ccc2OC)cc1. The number of rotatable bonds is 7. The number of ether oxygens (including phenoxy) is 1. The first-order valence-electron chi connectivity index (χ1n) is 7.93. The zero-order valence-electron chi connectivity index (χ0n) is 14.5. The lowest BCUT2D eigenvalue weighted by Crippen LogP contribution is -2.24. The molecule has 2 N–H and O–H groups in total. The van der Waals surface area contributed by atoms with Gasteiger partial charge in [-0.05, 0) is 55.3 Å². The number of carbonyl (C=O) groups excluding carboxylic acids is 1. The van der Waals surface area contributed by atoms with Gasteiger partial charge < -0.3 is 10.1 Å². The van der Waals surface area contributed by atoms with Crippen molar-refractivity contribution in [3.05, 3.63) is 53.6 Å². The van der Waals surface area contributed by atoms with Crippen LogP contribution in [0.25, 0.3) is 0 Å². The van der Waals surface area contributed by atoms with Gasteiger partial charge in [0.05, 0.1) is 17.7 Å². The fourth-order valence-corrected chi connectivity index (χ4v) is 3.29. The molecule has 0 heterocycles. The number of anilines is 1. The van der Waals surface area contributed by atoms with Gasteiger partial charge in [-0.3, -0.25) is 9.52 Å². The Bertz CT molecular complexity index is 846. The van der Waals surface area contributed by atoms with E-state index in [4.69, 9.17) is 4.74 Å². The number of methoxy groups -OCH3 is 1. The van der Waals surface area contributed by atoms with Crippen LogP contribution in [0.5, 0.6) is 5.75 Å². The van der Waals surface area contributed by atoms with E-state index in [2.05, 4.69) is 10.0 Å². The molecule has 0 aliphatic rings. The predicted molar refractivity (Wildman–Crippen MR) is 97.6 cm³/mol. The summed E-state index contributed by atoms with van der Waals surface area (Å²) >= 11 is 0. The quantitative estimate of drug-likeness (QED) is 0.793. The number of sulfonamides is 1. The van der Waals surface area contributed by atoms with Gasteiger partial charge in [-0.25, -0.2) is 8.42 Å². The van der Waals surface area contributed by atoms with E-state index < -0.39 is 10.0 Å². The molecular weight excluding hydrogens is 340 g/mol. The lowest BCUT2D eigenvalue weighted by atomic mass is 10.2. The Morgan fingerprint density at radius 3 is 2.40 bits per heavy atom. The van der Waals surface area contributed by atoms with Crippen molar-refractivity contribution in [2.24, 2.45) is 0 Å². The minimum atomic E-state index is -3.78. The van der Waals surface area contributed by atoms with Gasteiger partial charge >= 0.3 is 0 Å². The Labute approximate surface area is 148 Å². The Morgan fingerprint density at radius 1 is 1.12 bits per heavy atom. The van der Waals surface area contributed by atoms with Crippen LogP contribution in [0, 0.1) is 6.92 Å². The number of benzene rings is 2. The second kappa shape index (κ2) is 8.02. The van der Waals surface area contributed by atoms with Crippen LogP contribution in [0.15, 0.2) is 47.4 Å². The number of aryl methyl sites for hydroxylation is 1. The molecule has 0 unspecified atom stereocenters. The molecule has 2 aromatic rings. The number of carbonyl (C=O) groups is 1. The van der Waals surface area contributed by atoms with Crippen molar-refractivity contribution >= 4 is 21.6 Å². The van der Waals surface area contributed by atoms with Crippen LogP contribution < -0.4 is 14.8 Å². The van der Waals surface area contributed by atoms with Gasteiger partial charge in [0.2, 0.25) is 0 Å². The summed E-state index contributed by atoms with van der Waals surface area (Å²) in [7, 11) is -2.31. The molecule has 2 aromatic carbocycles. The largest absolute Gasteiger partial charge is 0.495 e. The molecule has 0 fully saturated rings. The Hall–Kier alpha value is -2.54. The molecule has 0 spiro atoms. The normalized spacial score (nSPS) is 11.0. The van der Waals surface area contributed by atoms with Crippen LogP contribution in [0.4, 0.5) is 5.69 Å². The van der Waals surface area contributed by atoms with Crippen molar-refractivity contribution in [3.8, 4) is 5.75 Å². The first-order chi connectivity index (χ1) is 11.9. The molecule has 7 heteroatoms. The number of hydrogen-bond acceptors (Lipinski definition) is 4. The van der Waals surface area contributed by atoms with Crippen molar-refractivity contribution in [1.29, 1.82) is 0 Å². The summed E-state index contributed by atoms with van der Waals surface area (Å²) in [5.41, 5.74) is 1.69. The second-order valence-electron chi connectivity index (χ2n) is 5.59. The van der Waals surface area contributed by atoms with E-state index >= 15 is 0 Å². The first kappa shape index (κ1) is 18.8. The lowest BCUT2D eigenvalue weighted by Gasteiger charge is -2.13. The van der Waals surface area contributed by atoms with E-state index in [0.29, 0.717) is 23.5 Å². The predicted octanol–water partition coefficient (Wildman–Crippen LogP) is 2.94. The maximum absolute atomic E-state index is 12.6. The molecule has 0 aliphatic carbocycles. The summed E-state index contributed by atoms with van der Waals surface area (Å²) in [6, 6.07) is 11.0. The average molecular weight is 362 g/mol. The highest BCUT2D eigenvalue weighted by Crippen LogP contribution is 2.27. The standard InChI is InChI=1S/C18H22N2O4S/c1-4-11-19-18(21)14-6-8-15(9-7-14)25(22,23)20-16-12-13(2)5-10-17(16)24-3/h5-10,12,20H,4,11H2,1-3H3,(H,19,21). The smallest absolute Gasteiger partial charge is 0.262 e. The first-order valence-corrected chi connectivity index (χ1v) is 9.41. The van der Waals surface area contributed by atoms with E-state index in [1.54, 1.807) is 12.1 Å². The summed E-state index contributed by atoms with van der Waals surface area (Å²) in [6.07, 6.45) is 0.834. The highest BCUT2D eigenvalue weighted by molar-refractivity contribution is 7.92. The zero-order chi connectivity index (χ0) is 18.4. The minimum absolute atomic E-state index is 0.0723. The molecule has 2 rings (SSSR count). The third-order valence-electron chi connectivity index (χ3n) is 3.56. The van der Waals surface area contributed by atoms with Gasteiger partial charge in [0.25, 0.3) is 15.9 Å². The van der Waals surface area contributed by atoms with Gasteiger partial charge in [0.15, 0.2) is 0 Å². The van der Waals surface area contributed by atoms with Gasteiger partial charge in [-0.1, -0.05) is 13.0 Å². The Balaban J connectivity index is 2.23. The summed E-state index contributed by atoms with van der Waals surface area (Å²) < 4.78 is 32.8. The Morgan fingerprint density at radius 2 is 1.80 bits per heavy atom. The Kier molecular flexibility index (Phi) is 6.03. The van der Waals surface area contributed by atoms with Crippen molar-refractivity contribution in [1.82, 2.24) is 5.32 Å². The molecule has 0 atom stereocenters. The molecule has 25 heavy (non-hydrogen) atoms. The van der Waals surface area contributed by atoms with Crippen LogP contribution in [0.3, 0.4) is 0 Å². The fourth-order valence-electron chi connectivity index (χ4n) is 2.23. The van der Waals surface area contributed by atoms with Crippen LogP contribution in [0.1, 0.15) is 29.3 Å². The third kappa shape index (κ3) is 4.73. The van der Waals surface area contributed by atoms with Gasteiger partial charge in [0, 0.05) is 12.1 Å². The topological polar surface area (TPSA) is 84.5 Å². The van der Waals surface area contributed by atoms with Gasteiger partial charge in [-0.2, -0.15) is 0 Å². The summed E-state index contributed by atoms with van der Waals surface area (Å²) in [6.45, 7) is 4.40. The zero-order valence-corrected chi connectivity index (χ0v) is 15.3. The summed E-state index contributed by atoms with van der Waals surface area (Å²) in [5.74, 6) is 0.212. The summed E-state index contributed by atoms with van der Waals surface area (Å²) in [4.78, 5) is 12.0. The van der Waals surface area contributed by atoms with Crippen molar-refractivity contribution in [2.75, 3.05) is 18.4 Å². The van der Waals surface area contributed by atoms with E-state index in [0.717, 1.165) is 12.0 Å². The van der Waals surface area contributed by atoms with E-state index in [9.17, 15) is 13.2 Å². The molecular formula is C18H22N2O4S. The van der Waals surface area contributed by atoms with Crippen LogP contribution in [0.2, 0.25) is 0 Å². The molecule has 0 radical (unpaired) electrons. The maximum atomic E-state index is 12.6. The van der Waals surface area contributed by atoms with Crippen molar-refractivity contribution in [2.45, 2.75) is 25.2 Å². The van der Waals surface area contributed by atoms with Crippen molar-refractivity contribution in [3.63, 3.8) is 0 Å². The second-order valence-corrected chi connectivity index (χ2v) is 7.27. The molecule has 6 nitrogen and oxygen atoms in total. The maximum Gasteiger partial charge on any atom is 0.262 e. The lowest BCUT2D eigenvalue weighted by molar-refractivity contribution is 0.0953. The van der Waals surface area contributed by atoms with Gasteiger partial charge in [-0.15, -0.1) is 0 Å². The van der Waals surface area contributed by atoms with Crippen LogP contribution in [-0.2, 0) is 10.0 Å². The monoisotopic (exact) mass is 362 g/mol. The molecule has 1 amide bonds. The third-order valence-corrected chi connectivity index (χ3v) is 4.94. The highest BCUT2D eigenvalue weighted by Gasteiger charge is 2.17. The van der Waals surface area contributed by atoms with Crippen LogP contribution >= 0.6 is 0 Å². The number of hydrogen-bond donors (Lipinski definition) is 2.